The Morgan fingerprint density at radius 2 is 2.05 bits per heavy atom. The Balaban J connectivity index is 1.68. The topological polar surface area (TPSA) is 127 Å². The predicted molar refractivity (Wildman–Crippen MR) is 71.0 cm³/mol. The van der Waals surface area contributed by atoms with Crippen LogP contribution in [-0.2, 0) is 0 Å². The number of hydrogen-bond acceptors (Lipinski definition) is 6. The standard InChI is InChI=1S/C12H12N6O3/c13-11(19)8-2-1-3-10(14-8)17-4-7(5-17)18-6-9(12(20)21)15-16-18/h1-3,6-7H,4-5H2,(H2,13,19)(H,20,21). The second-order valence-electron chi connectivity index (χ2n) is 4.69. The van der Waals surface area contributed by atoms with Gasteiger partial charge in [0.15, 0.2) is 5.69 Å². The first kappa shape index (κ1) is 13.0. The second-order valence-corrected chi connectivity index (χ2v) is 4.69. The SMILES string of the molecule is NC(=O)c1cccc(N2CC(n3cc(C(=O)O)nn3)C2)n1. The molecule has 0 atom stereocenters. The van der Waals surface area contributed by atoms with Crippen molar-refractivity contribution in [2.75, 3.05) is 18.0 Å². The fourth-order valence-corrected chi connectivity index (χ4v) is 2.10. The lowest BCUT2D eigenvalue weighted by atomic mass is 10.1. The number of carbonyl (C=O) groups excluding carboxylic acids is 1. The molecule has 108 valence electrons. The first-order valence-corrected chi connectivity index (χ1v) is 6.21. The van der Waals surface area contributed by atoms with E-state index in [-0.39, 0.29) is 17.4 Å². The molecule has 0 bridgehead atoms. The maximum atomic E-state index is 11.1. The second kappa shape index (κ2) is 4.85. The highest BCUT2D eigenvalue weighted by Gasteiger charge is 2.30. The Labute approximate surface area is 119 Å². The van der Waals surface area contributed by atoms with Crippen LogP contribution in [0.2, 0.25) is 0 Å². The van der Waals surface area contributed by atoms with Crippen molar-refractivity contribution in [2.24, 2.45) is 5.73 Å². The molecule has 2 aromatic heterocycles. The van der Waals surface area contributed by atoms with Gasteiger partial charge in [-0.3, -0.25) is 4.79 Å². The van der Waals surface area contributed by atoms with Crippen molar-refractivity contribution in [3.8, 4) is 0 Å². The zero-order valence-corrected chi connectivity index (χ0v) is 10.9. The van der Waals surface area contributed by atoms with Gasteiger partial charge in [-0.05, 0) is 12.1 Å². The third-order valence-electron chi connectivity index (χ3n) is 3.28. The molecule has 1 fully saturated rings. The number of anilines is 1. The van der Waals surface area contributed by atoms with E-state index in [2.05, 4.69) is 15.3 Å². The Hall–Kier alpha value is -2.97. The highest BCUT2D eigenvalue weighted by atomic mass is 16.4. The fourth-order valence-electron chi connectivity index (χ4n) is 2.10. The molecule has 0 spiro atoms. The fraction of sp³-hybridized carbons (Fsp3) is 0.250. The summed E-state index contributed by atoms with van der Waals surface area (Å²) in [6, 6.07) is 5.09. The molecule has 9 heteroatoms. The van der Waals surface area contributed by atoms with E-state index in [0.29, 0.717) is 18.9 Å². The van der Waals surface area contributed by atoms with Gasteiger partial charge in [-0.15, -0.1) is 5.10 Å². The van der Waals surface area contributed by atoms with Gasteiger partial charge in [-0.25, -0.2) is 14.5 Å². The molecular formula is C12H12N6O3. The Morgan fingerprint density at radius 1 is 1.29 bits per heavy atom. The van der Waals surface area contributed by atoms with E-state index in [4.69, 9.17) is 10.8 Å². The van der Waals surface area contributed by atoms with Gasteiger partial charge in [-0.2, -0.15) is 0 Å². The number of carbonyl (C=O) groups is 2. The van der Waals surface area contributed by atoms with Crippen molar-refractivity contribution in [1.82, 2.24) is 20.0 Å². The molecule has 21 heavy (non-hydrogen) atoms. The van der Waals surface area contributed by atoms with E-state index in [9.17, 15) is 9.59 Å². The summed E-state index contributed by atoms with van der Waals surface area (Å²) in [5, 5.41) is 16.2. The summed E-state index contributed by atoms with van der Waals surface area (Å²) in [6.45, 7) is 1.22. The van der Waals surface area contributed by atoms with Crippen LogP contribution in [-0.4, -0.2) is 50.1 Å². The van der Waals surface area contributed by atoms with Gasteiger partial charge in [0.05, 0.1) is 12.2 Å². The molecule has 3 heterocycles. The van der Waals surface area contributed by atoms with Crippen LogP contribution in [0.5, 0.6) is 0 Å². The summed E-state index contributed by atoms with van der Waals surface area (Å²) >= 11 is 0. The minimum atomic E-state index is -1.10. The minimum absolute atomic E-state index is 0.0321. The van der Waals surface area contributed by atoms with Crippen molar-refractivity contribution in [3.05, 3.63) is 35.8 Å². The molecule has 1 aliphatic heterocycles. The van der Waals surface area contributed by atoms with Gasteiger partial charge in [0.2, 0.25) is 0 Å². The first-order chi connectivity index (χ1) is 10.0. The van der Waals surface area contributed by atoms with Crippen LogP contribution >= 0.6 is 0 Å². The van der Waals surface area contributed by atoms with Gasteiger partial charge in [-0.1, -0.05) is 11.3 Å². The van der Waals surface area contributed by atoms with Crippen molar-refractivity contribution >= 4 is 17.7 Å². The molecule has 3 rings (SSSR count). The smallest absolute Gasteiger partial charge is 0.358 e. The average molecular weight is 288 g/mol. The van der Waals surface area contributed by atoms with Gasteiger partial charge in [0.1, 0.15) is 11.5 Å². The van der Waals surface area contributed by atoms with E-state index < -0.39 is 11.9 Å². The van der Waals surface area contributed by atoms with Gasteiger partial charge < -0.3 is 15.7 Å². The monoisotopic (exact) mass is 288 g/mol. The summed E-state index contributed by atoms with van der Waals surface area (Å²) < 4.78 is 1.53. The summed E-state index contributed by atoms with van der Waals surface area (Å²) in [4.78, 5) is 28.0. The number of nitrogens with zero attached hydrogens (tertiary/aromatic N) is 5. The van der Waals surface area contributed by atoms with Crippen molar-refractivity contribution in [3.63, 3.8) is 0 Å². The van der Waals surface area contributed by atoms with E-state index in [0.717, 1.165) is 0 Å². The number of amides is 1. The molecule has 2 aromatic rings. The number of carboxylic acid groups (broad SMARTS) is 1. The van der Waals surface area contributed by atoms with E-state index in [1.807, 2.05) is 4.90 Å². The number of rotatable bonds is 4. The van der Waals surface area contributed by atoms with Crippen LogP contribution in [0.4, 0.5) is 5.82 Å². The molecule has 1 aliphatic rings. The van der Waals surface area contributed by atoms with Crippen LogP contribution in [0, 0.1) is 0 Å². The molecule has 0 unspecified atom stereocenters. The summed E-state index contributed by atoms with van der Waals surface area (Å²) in [6.07, 6.45) is 1.40. The maximum Gasteiger partial charge on any atom is 0.358 e. The third-order valence-corrected chi connectivity index (χ3v) is 3.28. The van der Waals surface area contributed by atoms with Gasteiger partial charge in [0, 0.05) is 13.1 Å². The van der Waals surface area contributed by atoms with Crippen molar-refractivity contribution in [2.45, 2.75) is 6.04 Å². The van der Waals surface area contributed by atoms with Crippen LogP contribution in [0.1, 0.15) is 27.0 Å². The zero-order valence-electron chi connectivity index (χ0n) is 10.9. The largest absolute Gasteiger partial charge is 0.476 e. The minimum Gasteiger partial charge on any atom is -0.476 e. The quantitative estimate of drug-likeness (QED) is 0.778. The molecule has 0 aromatic carbocycles. The number of hydrogen-bond donors (Lipinski definition) is 2. The average Bonchev–Trinajstić information content (AvgIpc) is 2.87. The van der Waals surface area contributed by atoms with Gasteiger partial charge >= 0.3 is 5.97 Å². The molecular weight excluding hydrogens is 276 g/mol. The van der Waals surface area contributed by atoms with Crippen LogP contribution < -0.4 is 10.6 Å². The summed E-state index contributed by atoms with van der Waals surface area (Å²) in [7, 11) is 0. The van der Waals surface area contributed by atoms with Crippen LogP contribution in [0.3, 0.4) is 0 Å². The predicted octanol–water partition coefficient (Wildman–Crippen LogP) is -0.469. The normalized spacial score (nSPS) is 14.8. The number of aromatic carboxylic acids is 1. The van der Waals surface area contributed by atoms with E-state index >= 15 is 0 Å². The van der Waals surface area contributed by atoms with Gasteiger partial charge in [0.25, 0.3) is 5.91 Å². The lowest BCUT2D eigenvalue weighted by Crippen LogP contribution is -2.48. The molecule has 0 saturated carbocycles. The van der Waals surface area contributed by atoms with Crippen LogP contribution in [0.25, 0.3) is 0 Å². The first-order valence-electron chi connectivity index (χ1n) is 6.21. The van der Waals surface area contributed by atoms with Crippen molar-refractivity contribution < 1.29 is 14.7 Å². The van der Waals surface area contributed by atoms with Crippen molar-refractivity contribution in [1.29, 1.82) is 0 Å². The van der Waals surface area contributed by atoms with Crippen LogP contribution in [0.15, 0.2) is 24.4 Å². The number of nitrogens with two attached hydrogens (primary N) is 1. The molecule has 1 amide bonds. The summed E-state index contributed by atoms with van der Waals surface area (Å²) in [5.41, 5.74) is 5.33. The lowest BCUT2D eigenvalue weighted by molar-refractivity contribution is 0.0690. The number of carboxylic acids is 1. The molecule has 1 saturated heterocycles. The Kier molecular flexibility index (Phi) is 3.01. The summed E-state index contributed by atoms with van der Waals surface area (Å²) in [5.74, 6) is -1.02. The molecule has 9 nitrogen and oxygen atoms in total. The third kappa shape index (κ3) is 2.40. The molecule has 0 radical (unpaired) electrons. The maximum absolute atomic E-state index is 11.1. The Morgan fingerprint density at radius 3 is 2.67 bits per heavy atom. The number of aromatic nitrogens is 4. The molecule has 0 aliphatic carbocycles. The Bertz CT molecular complexity index is 707. The van der Waals surface area contributed by atoms with E-state index in [1.54, 1.807) is 18.2 Å². The molecule has 3 N–H and O–H groups in total. The van der Waals surface area contributed by atoms with E-state index in [1.165, 1.54) is 10.9 Å². The lowest BCUT2D eigenvalue weighted by Gasteiger charge is -2.39. The number of primary amides is 1. The highest BCUT2D eigenvalue weighted by Crippen LogP contribution is 2.25. The zero-order chi connectivity index (χ0) is 15.0. The highest BCUT2D eigenvalue weighted by molar-refractivity contribution is 5.91. The number of pyridine rings is 1.